The summed E-state index contributed by atoms with van der Waals surface area (Å²) in [5.74, 6) is -0.609. The van der Waals surface area contributed by atoms with Crippen molar-refractivity contribution < 1.29 is 9.59 Å². The summed E-state index contributed by atoms with van der Waals surface area (Å²) in [5, 5.41) is 1.02. The Morgan fingerprint density at radius 3 is 2.25 bits per heavy atom. The number of imide groups is 1. The van der Waals surface area contributed by atoms with Crippen molar-refractivity contribution in [3.05, 3.63) is 47.7 Å². The molecule has 0 spiro atoms. The van der Waals surface area contributed by atoms with Crippen LogP contribution in [0.4, 0.5) is 0 Å². The number of nitrogens with one attached hydrogen (secondary N) is 1. The molecule has 0 radical (unpaired) electrons. The summed E-state index contributed by atoms with van der Waals surface area (Å²) < 4.78 is 0. The van der Waals surface area contributed by atoms with Gasteiger partial charge in [-0.05, 0) is 18.6 Å². The van der Waals surface area contributed by atoms with Crippen LogP contribution in [0.5, 0.6) is 0 Å². The molecule has 2 rings (SSSR count). The van der Waals surface area contributed by atoms with Crippen LogP contribution in [0, 0.1) is 0 Å². The predicted octanol–water partition coefficient (Wildman–Crippen LogP) is 1.71. The van der Waals surface area contributed by atoms with E-state index in [-0.39, 0.29) is 11.8 Å². The van der Waals surface area contributed by atoms with Gasteiger partial charge in [0.05, 0.1) is 11.1 Å². The van der Waals surface area contributed by atoms with Gasteiger partial charge in [-0.15, -0.1) is 0 Å². The minimum Gasteiger partial charge on any atom is -0.296 e. The average molecular weight is 216 g/mol. The predicted molar refractivity (Wildman–Crippen MR) is 59.5 cm³/mol. The Balaban J connectivity index is 2.25. The zero-order valence-electron chi connectivity index (χ0n) is 8.93. The first kappa shape index (κ1) is 10.4. The number of fused-ring (bicyclic) bond motifs is 1. The number of amides is 2. The average Bonchev–Trinajstić information content (AvgIpc) is 2.55. The number of hydrogen-bond acceptors (Lipinski definition) is 3. The molecule has 0 unspecified atom stereocenters. The van der Waals surface area contributed by atoms with E-state index in [1.54, 1.807) is 30.5 Å². The number of benzene rings is 1. The molecule has 4 heteroatoms. The fraction of sp³-hybridized carbons (Fsp3) is 0.167. The SMILES string of the molecule is CC/C=C\NN1C(=O)c2ccccc2C1=O. The third-order valence-corrected chi connectivity index (χ3v) is 2.35. The van der Waals surface area contributed by atoms with Gasteiger partial charge in [-0.1, -0.05) is 25.1 Å². The van der Waals surface area contributed by atoms with Gasteiger partial charge in [0.2, 0.25) is 0 Å². The summed E-state index contributed by atoms with van der Waals surface area (Å²) in [6.07, 6.45) is 4.28. The Bertz CT molecular complexity index is 431. The van der Waals surface area contributed by atoms with Gasteiger partial charge in [-0.3, -0.25) is 15.0 Å². The molecular formula is C12H12N2O2. The Morgan fingerprint density at radius 2 is 1.75 bits per heavy atom. The number of allylic oxidation sites excluding steroid dienone is 1. The van der Waals surface area contributed by atoms with Crippen molar-refractivity contribution in [3.63, 3.8) is 0 Å². The standard InChI is InChI=1S/C12H12N2O2/c1-2-3-8-13-14-11(15)9-6-4-5-7-10(9)12(14)16/h3-8,13H,2H2,1H3/b8-3-. The molecule has 1 aromatic carbocycles. The summed E-state index contributed by atoms with van der Waals surface area (Å²) in [6, 6.07) is 6.80. The minimum absolute atomic E-state index is 0.304. The molecule has 82 valence electrons. The maximum Gasteiger partial charge on any atom is 0.280 e. The van der Waals surface area contributed by atoms with Crippen molar-refractivity contribution in [2.24, 2.45) is 0 Å². The van der Waals surface area contributed by atoms with Crippen LogP contribution in [-0.4, -0.2) is 16.8 Å². The Morgan fingerprint density at radius 1 is 1.19 bits per heavy atom. The highest BCUT2D eigenvalue weighted by Gasteiger charge is 2.34. The van der Waals surface area contributed by atoms with Crippen molar-refractivity contribution >= 4 is 11.8 Å². The monoisotopic (exact) mass is 216 g/mol. The second-order valence-electron chi connectivity index (χ2n) is 3.43. The molecule has 0 saturated carbocycles. The fourth-order valence-corrected chi connectivity index (χ4v) is 1.55. The smallest absolute Gasteiger partial charge is 0.280 e. The van der Waals surface area contributed by atoms with E-state index >= 15 is 0 Å². The molecule has 0 aliphatic carbocycles. The first-order chi connectivity index (χ1) is 7.75. The molecule has 16 heavy (non-hydrogen) atoms. The number of carbonyl (C=O) groups excluding carboxylic acids is 2. The number of hydrazine groups is 1. The van der Waals surface area contributed by atoms with E-state index < -0.39 is 0 Å². The summed E-state index contributed by atoms with van der Waals surface area (Å²) in [6.45, 7) is 1.97. The molecule has 1 aliphatic rings. The maximum absolute atomic E-state index is 11.8. The molecule has 0 aromatic heterocycles. The molecule has 0 fully saturated rings. The van der Waals surface area contributed by atoms with Gasteiger partial charge in [0.25, 0.3) is 11.8 Å². The van der Waals surface area contributed by atoms with Crippen LogP contribution in [-0.2, 0) is 0 Å². The summed E-state index contributed by atoms with van der Waals surface area (Å²) in [4.78, 5) is 23.6. The highest BCUT2D eigenvalue weighted by molar-refractivity contribution is 6.20. The lowest BCUT2D eigenvalue weighted by Crippen LogP contribution is -2.39. The van der Waals surface area contributed by atoms with Gasteiger partial charge in [0.1, 0.15) is 0 Å². The van der Waals surface area contributed by atoms with E-state index in [0.717, 1.165) is 11.4 Å². The molecular weight excluding hydrogens is 204 g/mol. The van der Waals surface area contributed by atoms with Crippen LogP contribution >= 0.6 is 0 Å². The van der Waals surface area contributed by atoms with E-state index in [1.165, 1.54) is 0 Å². The number of rotatable bonds is 3. The molecule has 2 amide bonds. The van der Waals surface area contributed by atoms with Crippen molar-refractivity contribution in [2.75, 3.05) is 0 Å². The van der Waals surface area contributed by atoms with E-state index in [2.05, 4.69) is 5.43 Å². The molecule has 0 saturated heterocycles. The van der Waals surface area contributed by atoms with Crippen molar-refractivity contribution in [1.82, 2.24) is 10.4 Å². The van der Waals surface area contributed by atoms with Crippen LogP contribution in [0.25, 0.3) is 0 Å². The second kappa shape index (κ2) is 4.18. The summed E-state index contributed by atoms with van der Waals surface area (Å²) >= 11 is 0. The molecule has 1 N–H and O–H groups in total. The van der Waals surface area contributed by atoms with Gasteiger partial charge < -0.3 is 0 Å². The largest absolute Gasteiger partial charge is 0.296 e. The lowest BCUT2D eigenvalue weighted by molar-refractivity contribution is 0.0599. The van der Waals surface area contributed by atoms with E-state index in [9.17, 15) is 9.59 Å². The van der Waals surface area contributed by atoms with E-state index in [0.29, 0.717) is 11.1 Å². The van der Waals surface area contributed by atoms with Gasteiger partial charge in [0.15, 0.2) is 0 Å². The molecule has 1 aliphatic heterocycles. The van der Waals surface area contributed by atoms with Gasteiger partial charge in [0, 0.05) is 6.20 Å². The Kier molecular flexibility index (Phi) is 2.72. The van der Waals surface area contributed by atoms with Gasteiger partial charge in [-0.25, -0.2) is 0 Å². The van der Waals surface area contributed by atoms with Crippen molar-refractivity contribution in [3.8, 4) is 0 Å². The first-order valence-electron chi connectivity index (χ1n) is 5.14. The van der Waals surface area contributed by atoms with Gasteiger partial charge >= 0.3 is 0 Å². The topological polar surface area (TPSA) is 49.4 Å². The molecule has 1 aromatic rings. The van der Waals surface area contributed by atoms with Crippen molar-refractivity contribution in [2.45, 2.75) is 13.3 Å². The zero-order valence-corrected chi connectivity index (χ0v) is 8.93. The number of carbonyl (C=O) groups is 2. The van der Waals surface area contributed by atoms with E-state index in [1.807, 2.05) is 13.0 Å². The number of hydrogen-bond donors (Lipinski definition) is 1. The van der Waals surface area contributed by atoms with Crippen LogP contribution in [0.1, 0.15) is 34.1 Å². The minimum atomic E-state index is -0.304. The molecule has 4 nitrogen and oxygen atoms in total. The maximum atomic E-state index is 11.8. The van der Waals surface area contributed by atoms with Crippen LogP contribution in [0.2, 0.25) is 0 Å². The third-order valence-electron chi connectivity index (χ3n) is 2.35. The third kappa shape index (κ3) is 1.58. The van der Waals surface area contributed by atoms with Crippen molar-refractivity contribution in [1.29, 1.82) is 0 Å². The first-order valence-corrected chi connectivity index (χ1v) is 5.14. The quantitative estimate of drug-likeness (QED) is 0.782. The molecule has 1 heterocycles. The lowest BCUT2D eigenvalue weighted by Gasteiger charge is -2.12. The Labute approximate surface area is 93.5 Å². The second-order valence-corrected chi connectivity index (χ2v) is 3.43. The number of nitrogens with zero attached hydrogens (tertiary/aromatic N) is 1. The Hall–Kier alpha value is -2.10. The van der Waals surface area contributed by atoms with Gasteiger partial charge in [-0.2, -0.15) is 5.01 Å². The summed E-state index contributed by atoms with van der Waals surface area (Å²) in [5.41, 5.74) is 3.58. The molecule has 0 bridgehead atoms. The highest BCUT2D eigenvalue weighted by Crippen LogP contribution is 2.20. The van der Waals surface area contributed by atoms with E-state index in [4.69, 9.17) is 0 Å². The fourth-order valence-electron chi connectivity index (χ4n) is 1.55. The lowest BCUT2D eigenvalue weighted by atomic mass is 10.1. The zero-order chi connectivity index (χ0) is 11.5. The summed E-state index contributed by atoms with van der Waals surface area (Å²) in [7, 11) is 0. The normalized spacial score (nSPS) is 14.7. The van der Waals surface area contributed by atoms with Crippen LogP contribution in [0.3, 0.4) is 0 Å². The van der Waals surface area contributed by atoms with Crippen LogP contribution in [0.15, 0.2) is 36.5 Å². The highest BCUT2D eigenvalue weighted by atomic mass is 16.2. The van der Waals surface area contributed by atoms with Crippen LogP contribution < -0.4 is 5.43 Å². The molecule has 0 atom stereocenters.